The lowest BCUT2D eigenvalue weighted by Gasteiger charge is -2.29. The van der Waals surface area contributed by atoms with Gasteiger partial charge in [-0.1, -0.05) is 30.8 Å². The lowest BCUT2D eigenvalue weighted by molar-refractivity contribution is -0.137. The van der Waals surface area contributed by atoms with E-state index >= 15 is 0 Å². The monoisotopic (exact) mass is 828 g/mol. The van der Waals surface area contributed by atoms with E-state index in [0.717, 1.165) is 38.2 Å². The van der Waals surface area contributed by atoms with E-state index in [2.05, 4.69) is 45.1 Å². The number of carbonyl (C=O) groups excluding carboxylic acids is 5. The fraction of sp³-hybridized carbons (Fsp3) is 0.311. The second-order valence-electron chi connectivity index (χ2n) is 15.0. The number of rotatable bonds is 16. The number of nitrogens with one attached hydrogen (secondary N) is 2. The second-order valence-corrected chi connectivity index (χ2v) is 16.1. The number of nitrogens with zero attached hydrogens (tertiary/aromatic N) is 6. The van der Waals surface area contributed by atoms with Crippen LogP contribution in [0.4, 0.5) is 11.4 Å². The number of piperidine rings is 1. The highest BCUT2D eigenvalue weighted by molar-refractivity contribution is 7.99. The highest BCUT2D eigenvalue weighted by atomic mass is 32.2. The third-order valence-electron chi connectivity index (χ3n) is 11.0. The number of fused-ring (bicyclic) bond motifs is 2. The molecule has 2 aromatic heterocycles. The molecule has 7 rings (SSSR count). The van der Waals surface area contributed by atoms with Gasteiger partial charge in [-0.3, -0.25) is 29.3 Å². The van der Waals surface area contributed by atoms with Gasteiger partial charge in [-0.15, -0.1) is 11.8 Å². The average Bonchev–Trinajstić information content (AvgIpc) is 3.77. The van der Waals surface area contributed by atoms with Crippen molar-refractivity contribution >= 4 is 63.6 Å². The molecule has 0 bridgehead atoms. The van der Waals surface area contributed by atoms with Crippen molar-refractivity contribution in [1.29, 1.82) is 0 Å². The fourth-order valence-corrected chi connectivity index (χ4v) is 8.76. The van der Waals surface area contributed by atoms with Gasteiger partial charge in [0.25, 0.3) is 5.91 Å². The molecule has 5 aromatic rings. The predicted molar refractivity (Wildman–Crippen MR) is 232 cm³/mol. The number of aromatic nitrogens is 3. The molecule has 2 aliphatic heterocycles. The van der Waals surface area contributed by atoms with Gasteiger partial charge >= 0.3 is 0 Å². The number of thioether (sulfide) groups is 1. The van der Waals surface area contributed by atoms with Gasteiger partial charge < -0.3 is 29.3 Å². The van der Waals surface area contributed by atoms with Crippen molar-refractivity contribution in [2.75, 3.05) is 50.3 Å². The van der Waals surface area contributed by atoms with E-state index in [9.17, 15) is 24.0 Å². The molecule has 0 spiro atoms. The third kappa shape index (κ3) is 8.90. The number of ether oxygens (including phenoxy) is 1. The van der Waals surface area contributed by atoms with Gasteiger partial charge in [0, 0.05) is 111 Å². The number of carbonyl (C=O) groups is 5. The zero-order chi connectivity index (χ0) is 42.5. The topological polar surface area (TPSA) is 159 Å². The van der Waals surface area contributed by atoms with Gasteiger partial charge in [0.1, 0.15) is 17.6 Å². The summed E-state index contributed by atoms with van der Waals surface area (Å²) in [6.07, 6.45) is 6.88. The highest BCUT2D eigenvalue weighted by Crippen LogP contribution is 2.37. The van der Waals surface area contributed by atoms with Crippen LogP contribution in [0.1, 0.15) is 53.0 Å². The number of imide groups is 1. The van der Waals surface area contributed by atoms with Gasteiger partial charge in [-0.25, -0.2) is 9.97 Å². The number of benzene rings is 3. The summed E-state index contributed by atoms with van der Waals surface area (Å²) >= 11 is 1.59. The zero-order valence-electron chi connectivity index (χ0n) is 34.2. The van der Waals surface area contributed by atoms with Crippen molar-refractivity contribution in [2.24, 2.45) is 7.05 Å². The summed E-state index contributed by atoms with van der Waals surface area (Å²) in [5, 5.41) is 6.39. The third-order valence-corrected chi connectivity index (χ3v) is 12.2. The molecule has 60 heavy (non-hydrogen) atoms. The van der Waals surface area contributed by atoms with Crippen molar-refractivity contribution in [3.8, 4) is 17.0 Å². The van der Waals surface area contributed by atoms with Crippen molar-refractivity contribution in [2.45, 2.75) is 49.6 Å². The molecule has 1 saturated heterocycles. The van der Waals surface area contributed by atoms with E-state index in [1.165, 1.54) is 6.08 Å². The molecule has 0 saturated carbocycles. The second kappa shape index (κ2) is 18.2. The molecule has 1 atom stereocenters. The van der Waals surface area contributed by atoms with Crippen LogP contribution < -0.4 is 20.3 Å². The largest absolute Gasteiger partial charge is 0.496 e. The average molecular weight is 829 g/mol. The van der Waals surface area contributed by atoms with Crippen molar-refractivity contribution in [3.63, 3.8) is 0 Å². The smallest absolute Gasteiger partial charge is 0.255 e. The molecule has 5 amide bonds. The maximum atomic E-state index is 13.2. The van der Waals surface area contributed by atoms with E-state index in [-0.39, 0.29) is 30.0 Å². The summed E-state index contributed by atoms with van der Waals surface area (Å²) in [6, 6.07) is 18.7. The van der Waals surface area contributed by atoms with Crippen LogP contribution in [-0.4, -0.2) is 100.0 Å². The Balaban J connectivity index is 0.962. The van der Waals surface area contributed by atoms with Gasteiger partial charge in [0.2, 0.25) is 23.6 Å². The fourth-order valence-electron chi connectivity index (χ4n) is 7.73. The number of anilines is 2. The van der Waals surface area contributed by atoms with Crippen LogP contribution in [0, 0.1) is 0 Å². The maximum absolute atomic E-state index is 13.2. The highest BCUT2D eigenvalue weighted by Gasteiger charge is 2.39. The van der Waals surface area contributed by atoms with E-state index in [4.69, 9.17) is 9.72 Å². The van der Waals surface area contributed by atoms with Crippen LogP contribution in [0.3, 0.4) is 0 Å². The van der Waals surface area contributed by atoms with Crippen molar-refractivity contribution < 1.29 is 28.7 Å². The first-order valence-electron chi connectivity index (χ1n) is 19.8. The molecular weight excluding hydrogens is 781 g/mol. The zero-order valence-corrected chi connectivity index (χ0v) is 35.0. The maximum Gasteiger partial charge on any atom is 0.255 e. The first-order valence-corrected chi connectivity index (χ1v) is 20.8. The summed E-state index contributed by atoms with van der Waals surface area (Å²) in [5.41, 5.74) is 6.42. The lowest BCUT2D eigenvalue weighted by Crippen LogP contribution is -2.52. The minimum Gasteiger partial charge on any atom is -0.496 e. The molecule has 14 nitrogen and oxygen atoms in total. The number of likely N-dealkylation sites (N-methyl/N-ethyl adjacent to an activating group) is 2. The number of amides is 5. The minimum atomic E-state index is -0.669. The summed E-state index contributed by atoms with van der Waals surface area (Å²) < 4.78 is 7.94. The number of hydrogen-bond donors (Lipinski definition) is 2. The van der Waals surface area contributed by atoms with E-state index in [1.54, 1.807) is 48.0 Å². The number of hydrogen-bond acceptors (Lipinski definition) is 10. The molecule has 1 fully saturated rings. The Hall–Kier alpha value is -6.48. The van der Waals surface area contributed by atoms with E-state index in [0.29, 0.717) is 79.6 Å². The Bertz CT molecular complexity index is 2500. The molecular formula is C45H48N8O6S. The van der Waals surface area contributed by atoms with Crippen molar-refractivity contribution in [1.82, 2.24) is 29.7 Å². The van der Waals surface area contributed by atoms with Crippen LogP contribution in [0.25, 0.3) is 22.2 Å². The number of methoxy groups -OCH3 is 1. The van der Waals surface area contributed by atoms with Crippen LogP contribution >= 0.6 is 11.8 Å². The van der Waals surface area contributed by atoms with Crippen LogP contribution in [0.5, 0.6) is 5.75 Å². The van der Waals surface area contributed by atoms with Gasteiger partial charge in [0.15, 0.2) is 0 Å². The van der Waals surface area contributed by atoms with Gasteiger partial charge in [0.05, 0.1) is 24.2 Å². The summed E-state index contributed by atoms with van der Waals surface area (Å²) in [7, 11) is 7.29. The quantitative estimate of drug-likeness (QED) is 0.0556. The van der Waals surface area contributed by atoms with E-state index < -0.39 is 11.9 Å². The van der Waals surface area contributed by atoms with E-state index in [1.807, 2.05) is 61.5 Å². The van der Waals surface area contributed by atoms with Crippen LogP contribution in [0.15, 0.2) is 90.6 Å². The molecule has 2 aliphatic rings. The molecule has 310 valence electrons. The van der Waals surface area contributed by atoms with Crippen LogP contribution in [0.2, 0.25) is 0 Å². The normalized spacial score (nSPS) is 14.8. The molecule has 0 aliphatic carbocycles. The Morgan fingerprint density at radius 2 is 1.88 bits per heavy atom. The standard InChI is InChI=1S/C45H48N8O6S/c1-6-41(54)48-34-23-28(24-40-46-19-18-33(47-40)31-26-52(4)35-13-8-7-11-29(31)35)38(59-5)25-37(34)50(2)20-21-51(3)43(56)15-10-22-60-39-14-9-12-30-32(39)27-53(45(30)58)36-16-17-42(55)49-44(36)57/h6-9,11-14,18-19,23,25-26,36H,1,10,15-17,20-22,24,27H2,2-5H3,(H,48,54)(H,49,55,57). The Morgan fingerprint density at radius 3 is 2.67 bits per heavy atom. The summed E-state index contributed by atoms with van der Waals surface area (Å²) in [4.78, 5) is 78.9. The minimum absolute atomic E-state index is 0.000319. The SMILES string of the molecule is C=CC(=O)Nc1cc(Cc2nccc(-c3cn(C)c4ccccc34)n2)c(OC)cc1N(C)CCN(C)C(=O)CCCSc1cccc2c1CN(C1CCC(=O)NC1=O)C2=O. The van der Waals surface area contributed by atoms with Crippen molar-refractivity contribution in [3.05, 3.63) is 108 Å². The number of para-hydroxylation sites is 1. The van der Waals surface area contributed by atoms with Gasteiger partial charge in [-0.05, 0) is 60.6 Å². The van der Waals surface area contributed by atoms with Gasteiger partial charge in [-0.2, -0.15) is 0 Å². The predicted octanol–water partition coefficient (Wildman–Crippen LogP) is 5.59. The Kier molecular flexibility index (Phi) is 12.6. The number of aryl methyl sites for hydroxylation is 1. The summed E-state index contributed by atoms with van der Waals surface area (Å²) in [5.74, 6) is 0.543. The molecule has 0 radical (unpaired) electrons. The Morgan fingerprint density at radius 1 is 1.07 bits per heavy atom. The summed E-state index contributed by atoms with van der Waals surface area (Å²) in [6.45, 7) is 4.84. The molecule has 2 N–H and O–H groups in total. The molecule has 15 heteroatoms. The first-order chi connectivity index (χ1) is 28.9. The molecule has 1 unspecified atom stereocenters. The first kappa shape index (κ1) is 41.7. The molecule has 4 heterocycles. The molecule has 3 aromatic carbocycles. The Labute approximate surface area is 353 Å². The lowest BCUT2D eigenvalue weighted by atomic mass is 10.0. The van der Waals surface area contributed by atoms with Crippen LogP contribution in [-0.2, 0) is 39.2 Å².